The van der Waals surface area contributed by atoms with Gasteiger partial charge in [0.15, 0.2) is 0 Å². The maximum atomic E-state index is 8.66. The second-order valence-electron chi connectivity index (χ2n) is 4.66. The third kappa shape index (κ3) is 2.97. The van der Waals surface area contributed by atoms with Gasteiger partial charge in [0, 0.05) is 24.3 Å². The van der Waals surface area contributed by atoms with Crippen LogP contribution in [0.2, 0.25) is 0 Å². The van der Waals surface area contributed by atoms with Crippen molar-refractivity contribution < 1.29 is 10.4 Å². The Bertz CT molecular complexity index is 229. The number of oxime groups is 2. The summed E-state index contributed by atoms with van der Waals surface area (Å²) >= 11 is 0. The lowest BCUT2D eigenvalue weighted by Gasteiger charge is -2.37. The van der Waals surface area contributed by atoms with Crippen LogP contribution in [0.15, 0.2) is 10.3 Å². The average Bonchev–Trinajstić information content (AvgIpc) is 2.30. The zero-order valence-corrected chi connectivity index (χ0v) is 10.1. The van der Waals surface area contributed by atoms with E-state index < -0.39 is 0 Å². The van der Waals surface area contributed by atoms with Crippen LogP contribution in [0.25, 0.3) is 0 Å². The van der Waals surface area contributed by atoms with E-state index in [2.05, 4.69) is 24.2 Å². The Morgan fingerprint density at radius 3 is 1.69 bits per heavy atom. The predicted octanol–water partition coefficient (Wildman–Crippen LogP) is 2.99. The first kappa shape index (κ1) is 13.0. The van der Waals surface area contributed by atoms with Crippen molar-refractivity contribution in [3.8, 4) is 0 Å². The molecule has 1 aliphatic carbocycles. The van der Waals surface area contributed by atoms with Gasteiger partial charge in [-0.1, -0.05) is 26.7 Å². The molecule has 0 aliphatic heterocycles. The van der Waals surface area contributed by atoms with Crippen LogP contribution in [0, 0.1) is 23.7 Å². The third-order valence-electron chi connectivity index (χ3n) is 3.93. The van der Waals surface area contributed by atoms with E-state index in [1.54, 1.807) is 12.4 Å². The molecule has 0 bridgehead atoms. The summed E-state index contributed by atoms with van der Waals surface area (Å²) in [5.74, 6) is 1.79. The van der Waals surface area contributed by atoms with Crippen molar-refractivity contribution in [2.75, 3.05) is 0 Å². The van der Waals surface area contributed by atoms with E-state index in [0.717, 1.165) is 25.7 Å². The molecule has 16 heavy (non-hydrogen) atoms. The Morgan fingerprint density at radius 1 is 0.938 bits per heavy atom. The van der Waals surface area contributed by atoms with Gasteiger partial charge in [-0.25, -0.2) is 0 Å². The average molecular weight is 226 g/mol. The molecule has 2 N–H and O–H groups in total. The SMILES string of the molecule is CCC1CC(CC)C(/C=N/O)CC1/C=N\O. The van der Waals surface area contributed by atoms with E-state index in [1.807, 2.05) is 0 Å². The fourth-order valence-corrected chi connectivity index (χ4v) is 2.91. The van der Waals surface area contributed by atoms with E-state index in [4.69, 9.17) is 10.4 Å². The molecule has 0 saturated heterocycles. The summed E-state index contributed by atoms with van der Waals surface area (Å²) in [6.45, 7) is 4.35. The molecule has 0 radical (unpaired) electrons. The Morgan fingerprint density at radius 2 is 1.38 bits per heavy atom. The minimum atomic E-state index is 0.306. The van der Waals surface area contributed by atoms with E-state index in [-0.39, 0.29) is 0 Å². The highest BCUT2D eigenvalue weighted by atomic mass is 16.4. The van der Waals surface area contributed by atoms with Crippen molar-refractivity contribution >= 4 is 12.4 Å². The standard InChI is InChI=1S/C12H22N2O2/c1-3-9-5-10(4-2)12(8-14-16)6-11(9)7-13-15/h7-12,15-16H,3-6H2,1-2H3/b13-7-,14-8+. The molecule has 4 nitrogen and oxygen atoms in total. The van der Waals surface area contributed by atoms with Crippen LogP contribution in [0.4, 0.5) is 0 Å². The second kappa shape index (κ2) is 6.51. The van der Waals surface area contributed by atoms with Crippen LogP contribution >= 0.6 is 0 Å². The summed E-state index contributed by atoms with van der Waals surface area (Å²) in [6, 6.07) is 0. The molecule has 4 unspecified atom stereocenters. The summed E-state index contributed by atoms with van der Waals surface area (Å²) < 4.78 is 0. The lowest BCUT2D eigenvalue weighted by molar-refractivity contribution is 0.179. The van der Waals surface area contributed by atoms with Crippen molar-refractivity contribution in [1.29, 1.82) is 0 Å². The zero-order chi connectivity index (χ0) is 12.0. The molecule has 92 valence electrons. The van der Waals surface area contributed by atoms with Crippen LogP contribution in [-0.2, 0) is 0 Å². The fourth-order valence-electron chi connectivity index (χ4n) is 2.91. The van der Waals surface area contributed by atoms with Crippen molar-refractivity contribution in [2.24, 2.45) is 34.0 Å². The van der Waals surface area contributed by atoms with Gasteiger partial charge in [0.2, 0.25) is 0 Å². The first-order chi connectivity index (χ1) is 7.76. The summed E-state index contributed by atoms with van der Waals surface area (Å²) in [5.41, 5.74) is 0. The lowest BCUT2D eigenvalue weighted by atomic mass is 9.67. The molecule has 1 rings (SSSR count). The number of rotatable bonds is 4. The molecule has 4 heteroatoms. The van der Waals surface area contributed by atoms with Gasteiger partial charge in [0.05, 0.1) is 0 Å². The molecular weight excluding hydrogens is 204 g/mol. The number of hydrogen-bond donors (Lipinski definition) is 2. The van der Waals surface area contributed by atoms with Gasteiger partial charge < -0.3 is 10.4 Å². The molecule has 0 heterocycles. The summed E-state index contributed by atoms with van der Waals surface area (Å²) in [6.07, 6.45) is 7.54. The Kier molecular flexibility index (Phi) is 5.29. The number of nitrogens with zero attached hydrogens (tertiary/aromatic N) is 2. The molecule has 0 aromatic heterocycles. The van der Waals surface area contributed by atoms with Gasteiger partial charge in [0.1, 0.15) is 0 Å². The van der Waals surface area contributed by atoms with Crippen LogP contribution in [-0.4, -0.2) is 22.8 Å². The maximum absolute atomic E-state index is 8.66. The van der Waals surface area contributed by atoms with Gasteiger partial charge in [-0.15, -0.1) is 10.3 Å². The Hall–Kier alpha value is -1.06. The molecule has 0 spiro atoms. The van der Waals surface area contributed by atoms with Crippen molar-refractivity contribution in [3.05, 3.63) is 0 Å². The van der Waals surface area contributed by atoms with Crippen LogP contribution < -0.4 is 0 Å². The first-order valence-corrected chi connectivity index (χ1v) is 6.11. The highest BCUT2D eigenvalue weighted by Gasteiger charge is 2.34. The minimum absolute atomic E-state index is 0.306. The molecule has 1 saturated carbocycles. The van der Waals surface area contributed by atoms with Crippen molar-refractivity contribution in [3.63, 3.8) is 0 Å². The topological polar surface area (TPSA) is 65.2 Å². The van der Waals surface area contributed by atoms with Gasteiger partial charge >= 0.3 is 0 Å². The molecule has 0 aromatic rings. The highest BCUT2D eigenvalue weighted by Crippen LogP contribution is 2.39. The number of hydrogen-bond acceptors (Lipinski definition) is 4. The van der Waals surface area contributed by atoms with Crippen LogP contribution in [0.1, 0.15) is 39.5 Å². The predicted molar refractivity (Wildman–Crippen MR) is 64.3 cm³/mol. The fraction of sp³-hybridized carbons (Fsp3) is 0.833. The zero-order valence-electron chi connectivity index (χ0n) is 10.1. The highest BCUT2D eigenvalue weighted by molar-refractivity contribution is 5.65. The largest absolute Gasteiger partial charge is 0.411 e. The van der Waals surface area contributed by atoms with E-state index in [9.17, 15) is 0 Å². The van der Waals surface area contributed by atoms with Gasteiger partial charge in [0.25, 0.3) is 0 Å². The lowest BCUT2D eigenvalue weighted by Crippen LogP contribution is -2.33. The molecule has 0 aromatic carbocycles. The first-order valence-electron chi connectivity index (χ1n) is 6.11. The van der Waals surface area contributed by atoms with Crippen LogP contribution in [0.5, 0.6) is 0 Å². The summed E-state index contributed by atoms with van der Waals surface area (Å²) in [5, 5.41) is 23.7. The Labute approximate surface area is 97.0 Å². The minimum Gasteiger partial charge on any atom is -0.411 e. The maximum Gasteiger partial charge on any atom is 0.0469 e. The molecule has 1 fully saturated rings. The molecule has 1 aliphatic rings. The normalized spacial score (nSPS) is 36.1. The summed E-state index contributed by atoms with van der Waals surface area (Å²) in [7, 11) is 0. The van der Waals surface area contributed by atoms with Gasteiger partial charge in [-0.05, 0) is 24.7 Å². The van der Waals surface area contributed by atoms with Crippen molar-refractivity contribution in [2.45, 2.75) is 39.5 Å². The summed E-state index contributed by atoms with van der Waals surface area (Å²) in [4.78, 5) is 0. The van der Waals surface area contributed by atoms with E-state index in [1.165, 1.54) is 0 Å². The molecule has 0 amide bonds. The second-order valence-corrected chi connectivity index (χ2v) is 4.66. The smallest absolute Gasteiger partial charge is 0.0469 e. The van der Waals surface area contributed by atoms with E-state index in [0.29, 0.717) is 23.7 Å². The van der Waals surface area contributed by atoms with Crippen LogP contribution in [0.3, 0.4) is 0 Å². The quantitative estimate of drug-likeness (QED) is 0.439. The monoisotopic (exact) mass is 226 g/mol. The Balaban J connectivity index is 2.75. The molecule has 4 atom stereocenters. The third-order valence-corrected chi connectivity index (χ3v) is 3.93. The van der Waals surface area contributed by atoms with Gasteiger partial charge in [-0.2, -0.15) is 0 Å². The van der Waals surface area contributed by atoms with Gasteiger partial charge in [-0.3, -0.25) is 0 Å². The van der Waals surface area contributed by atoms with E-state index >= 15 is 0 Å². The van der Waals surface area contributed by atoms with Crippen molar-refractivity contribution in [1.82, 2.24) is 0 Å². The molecular formula is C12H22N2O2.